The fraction of sp³-hybridized carbons (Fsp3) is 0.923. The van der Waals surface area contributed by atoms with E-state index in [9.17, 15) is 13.2 Å². The van der Waals surface area contributed by atoms with Gasteiger partial charge in [0.2, 0.25) is 0 Å². The number of piperazine rings is 1. The van der Waals surface area contributed by atoms with Gasteiger partial charge in [0, 0.05) is 32.7 Å². The van der Waals surface area contributed by atoms with Crippen molar-refractivity contribution in [1.82, 2.24) is 13.9 Å². The van der Waals surface area contributed by atoms with Gasteiger partial charge in [-0.05, 0) is 5.92 Å². The van der Waals surface area contributed by atoms with Crippen LogP contribution in [0.2, 0.25) is 0 Å². The molecule has 124 valence electrons. The lowest BCUT2D eigenvalue weighted by Gasteiger charge is -2.33. The largest absolute Gasteiger partial charge is 0.468 e. The Bertz CT molecular complexity index is 417. The third-order valence-corrected chi connectivity index (χ3v) is 5.83. The Morgan fingerprint density at radius 2 is 1.86 bits per heavy atom. The Kier molecular flexibility index (Phi) is 7.58. The van der Waals surface area contributed by atoms with Gasteiger partial charge in [-0.25, -0.2) is 0 Å². The Hall–Kier alpha value is -0.700. The summed E-state index contributed by atoms with van der Waals surface area (Å²) in [5.41, 5.74) is 0. The lowest BCUT2D eigenvalue weighted by atomic mass is 10.0. The number of nitrogens with zero attached hydrogens (tertiary/aromatic N) is 2. The molecule has 1 aliphatic rings. The third kappa shape index (κ3) is 5.21. The van der Waals surface area contributed by atoms with E-state index < -0.39 is 16.2 Å². The quantitative estimate of drug-likeness (QED) is 0.639. The number of carbonyl (C=O) groups excluding carboxylic acids is 1. The van der Waals surface area contributed by atoms with Gasteiger partial charge in [-0.15, -0.1) is 0 Å². The van der Waals surface area contributed by atoms with E-state index in [1.165, 1.54) is 15.7 Å². The van der Waals surface area contributed by atoms with Crippen LogP contribution >= 0.6 is 0 Å². The first-order valence-electron chi connectivity index (χ1n) is 7.48. The second-order valence-corrected chi connectivity index (χ2v) is 7.14. The van der Waals surface area contributed by atoms with E-state index in [1.54, 1.807) is 0 Å². The van der Waals surface area contributed by atoms with E-state index in [0.717, 1.165) is 12.8 Å². The first-order chi connectivity index (χ1) is 9.95. The van der Waals surface area contributed by atoms with Crippen LogP contribution in [0.4, 0.5) is 0 Å². The van der Waals surface area contributed by atoms with Gasteiger partial charge in [-0.1, -0.05) is 26.7 Å². The Labute approximate surface area is 127 Å². The summed E-state index contributed by atoms with van der Waals surface area (Å²) < 4.78 is 32.8. The lowest BCUT2D eigenvalue weighted by molar-refractivity contribution is -0.140. The maximum Gasteiger partial charge on any atom is 0.321 e. The predicted molar refractivity (Wildman–Crippen MR) is 81.0 cm³/mol. The molecule has 8 heteroatoms. The van der Waals surface area contributed by atoms with E-state index in [0.29, 0.717) is 32.7 Å². The normalized spacial score (nSPS) is 17.4. The Balaban J connectivity index is 2.88. The zero-order valence-electron chi connectivity index (χ0n) is 13.2. The van der Waals surface area contributed by atoms with Crippen LogP contribution in [-0.2, 0) is 19.7 Å². The van der Waals surface area contributed by atoms with E-state index >= 15 is 0 Å². The van der Waals surface area contributed by atoms with Crippen LogP contribution in [0.1, 0.15) is 26.7 Å². The average Bonchev–Trinajstić information content (AvgIpc) is 2.51. The molecule has 1 aliphatic heterocycles. The number of hydrogen-bond acceptors (Lipinski definition) is 5. The molecular weight excluding hydrogens is 294 g/mol. The molecule has 1 fully saturated rings. The summed E-state index contributed by atoms with van der Waals surface area (Å²) in [5.74, 6) is -0.285. The van der Waals surface area contributed by atoms with Crippen LogP contribution in [0.25, 0.3) is 0 Å². The molecule has 1 heterocycles. The molecule has 0 aliphatic carbocycles. The summed E-state index contributed by atoms with van der Waals surface area (Å²) in [7, 11) is -2.35. The summed E-state index contributed by atoms with van der Waals surface area (Å²) in [5, 5.41) is 3.12. The zero-order chi connectivity index (χ0) is 15.9. The highest BCUT2D eigenvalue weighted by Gasteiger charge is 2.33. The van der Waals surface area contributed by atoms with Crippen LogP contribution in [0.3, 0.4) is 0 Å². The highest BCUT2D eigenvalue weighted by Crippen LogP contribution is 2.16. The molecule has 1 saturated heterocycles. The van der Waals surface area contributed by atoms with Gasteiger partial charge in [0.15, 0.2) is 0 Å². The standard InChI is InChI=1S/C13H27N3O4S/c1-4-12(5-2)10-16(11-13(17)20-3)21(18,19)15-8-6-14-7-9-15/h12,14H,4-11H2,1-3H3. The summed E-state index contributed by atoms with van der Waals surface area (Å²) in [6.07, 6.45) is 1.76. The zero-order valence-corrected chi connectivity index (χ0v) is 14.0. The number of carbonyl (C=O) groups is 1. The van der Waals surface area contributed by atoms with Crippen LogP contribution in [-0.4, -0.2) is 69.4 Å². The molecule has 0 atom stereocenters. The van der Waals surface area contributed by atoms with Crippen molar-refractivity contribution in [3.8, 4) is 0 Å². The lowest BCUT2D eigenvalue weighted by Crippen LogP contribution is -2.53. The van der Waals surface area contributed by atoms with Gasteiger partial charge < -0.3 is 10.1 Å². The molecular formula is C13H27N3O4S. The van der Waals surface area contributed by atoms with Gasteiger partial charge in [0.1, 0.15) is 6.54 Å². The van der Waals surface area contributed by atoms with Gasteiger partial charge >= 0.3 is 5.97 Å². The van der Waals surface area contributed by atoms with Gasteiger partial charge in [0.25, 0.3) is 10.2 Å². The van der Waals surface area contributed by atoms with Crippen LogP contribution in [0.5, 0.6) is 0 Å². The minimum absolute atomic E-state index is 0.223. The number of ether oxygens (including phenoxy) is 1. The van der Waals surface area contributed by atoms with Crippen LogP contribution < -0.4 is 5.32 Å². The predicted octanol–water partition coefficient (Wildman–Crippen LogP) is 0.0476. The first kappa shape index (κ1) is 18.3. The summed E-state index contributed by atoms with van der Waals surface area (Å²) in [4.78, 5) is 11.6. The molecule has 0 unspecified atom stereocenters. The number of esters is 1. The molecule has 0 aromatic carbocycles. The highest BCUT2D eigenvalue weighted by molar-refractivity contribution is 7.86. The van der Waals surface area contributed by atoms with Gasteiger partial charge in [-0.3, -0.25) is 4.79 Å². The van der Waals surface area contributed by atoms with Crippen molar-refractivity contribution in [2.45, 2.75) is 26.7 Å². The first-order valence-corrected chi connectivity index (χ1v) is 8.88. The topological polar surface area (TPSA) is 79.0 Å². The fourth-order valence-electron chi connectivity index (χ4n) is 2.32. The summed E-state index contributed by atoms with van der Waals surface area (Å²) in [6, 6.07) is 0. The third-order valence-electron chi connectivity index (χ3n) is 3.88. The fourth-order valence-corrected chi connectivity index (χ4v) is 3.96. The van der Waals surface area contributed by atoms with Crippen molar-refractivity contribution in [3.05, 3.63) is 0 Å². The summed E-state index contributed by atoms with van der Waals surface area (Å²) >= 11 is 0. The minimum Gasteiger partial charge on any atom is -0.468 e. The van der Waals surface area contributed by atoms with Crippen molar-refractivity contribution < 1.29 is 17.9 Å². The molecule has 0 saturated carbocycles. The molecule has 0 bridgehead atoms. The molecule has 1 N–H and O–H groups in total. The van der Waals surface area contributed by atoms with E-state index in [2.05, 4.69) is 10.1 Å². The monoisotopic (exact) mass is 321 g/mol. The smallest absolute Gasteiger partial charge is 0.321 e. The van der Waals surface area contributed by atoms with Crippen LogP contribution in [0.15, 0.2) is 0 Å². The number of rotatable bonds is 8. The highest BCUT2D eigenvalue weighted by atomic mass is 32.2. The minimum atomic E-state index is -3.62. The Morgan fingerprint density at radius 1 is 1.29 bits per heavy atom. The molecule has 7 nitrogen and oxygen atoms in total. The van der Waals surface area contributed by atoms with Crippen molar-refractivity contribution in [2.75, 3.05) is 46.4 Å². The second kappa shape index (κ2) is 8.67. The second-order valence-electron chi connectivity index (χ2n) is 5.21. The maximum atomic E-state index is 12.7. The molecule has 21 heavy (non-hydrogen) atoms. The number of hydrogen-bond donors (Lipinski definition) is 1. The van der Waals surface area contributed by atoms with E-state index in [-0.39, 0.29) is 12.5 Å². The average molecular weight is 321 g/mol. The van der Waals surface area contributed by atoms with Crippen molar-refractivity contribution >= 4 is 16.2 Å². The molecule has 0 amide bonds. The van der Waals surface area contributed by atoms with Crippen molar-refractivity contribution in [3.63, 3.8) is 0 Å². The van der Waals surface area contributed by atoms with Crippen molar-refractivity contribution in [2.24, 2.45) is 5.92 Å². The van der Waals surface area contributed by atoms with Gasteiger partial charge in [0.05, 0.1) is 7.11 Å². The molecule has 1 rings (SSSR count). The summed E-state index contributed by atoms with van der Waals surface area (Å²) in [6.45, 7) is 6.33. The molecule has 0 spiro atoms. The maximum absolute atomic E-state index is 12.7. The van der Waals surface area contributed by atoms with Crippen molar-refractivity contribution in [1.29, 1.82) is 0 Å². The number of nitrogens with one attached hydrogen (secondary N) is 1. The SMILES string of the molecule is CCC(CC)CN(CC(=O)OC)S(=O)(=O)N1CCNCC1. The van der Waals surface area contributed by atoms with E-state index in [1.807, 2.05) is 13.8 Å². The Morgan fingerprint density at radius 3 is 2.33 bits per heavy atom. The van der Waals surface area contributed by atoms with Crippen LogP contribution in [0, 0.1) is 5.92 Å². The molecule has 0 aromatic heterocycles. The van der Waals surface area contributed by atoms with Gasteiger partial charge in [-0.2, -0.15) is 17.0 Å². The molecule has 0 radical (unpaired) electrons. The van der Waals surface area contributed by atoms with E-state index in [4.69, 9.17) is 0 Å². The number of methoxy groups -OCH3 is 1. The molecule has 0 aromatic rings.